The molecular formula is C13H13BrN4OS. The highest BCUT2D eigenvalue weighted by Gasteiger charge is 2.11. The van der Waals surface area contributed by atoms with Crippen molar-refractivity contribution >= 4 is 39.0 Å². The van der Waals surface area contributed by atoms with E-state index in [-0.39, 0.29) is 5.56 Å². The second-order valence-corrected chi connectivity index (χ2v) is 5.52. The fraction of sp³-hybridized carbons (Fsp3) is 0.154. The first-order chi connectivity index (χ1) is 9.49. The Hall–Kier alpha value is -1.73. The van der Waals surface area contributed by atoms with Crippen molar-refractivity contribution in [2.45, 2.75) is 6.54 Å². The predicted molar refractivity (Wildman–Crippen MR) is 87.0 cm³/mol. The van der Waals surface area contributed by atoms with Crippen LogP contribution in [-0.4, -0.2) is 22.0 Å². The van der Waals surface area contributed by atoms with Crippen molar-refractivity contribution < 1.29 is 0 Å². The Balaban J connectivity index is 2.25. The predicted octanol–water partition coefficient (Wildman–Crippen LogP) is 1.80. The van der Waals surface area contributed by atoms with Crippen molar-refractivity contribution in [2.24, 2.45) is 5.73 Å². The second kappa shape index (κ2) is 6.15. The molecule has 1 heterocycles. The van der Waals surface area contributed by atoms with E-state index in [4.69, 9.17) is 18.0 Å². The van der Waals surface area contributed by atoms with E-state index in [0.29, 0.717) is 21.8 Å². The number of hydrogen-bond donors (Lipinski definition) is 2. The third kappa shape index (κ3) is 3.23. The SMILES string of the molecule is CN(Cc1cccc(C(N)=S)c1)c1nc[nH]c(=O)c1Br. The first kappa shape index (κ1) is 14.7. The van der Waals surface area contributed by atoms with Crippen LogP contribution in [0.15, 0.2) is 39.9 Å². The van der Waals surface area contributed by atoms with E-state index in [1.807, 2.05) is 36.2 Å². The first-order valence-electron chi connectivity index (χ1n) is 5.82. The molecule has 0 fully saturated rings. The summed E-state index contributed by atoms with van der Waals surface area (Å²) in [5.74, 6) is 0.578. The summed E-state index contributed by atoms with van der Waals surface area (Å²) in [5.41, 5.74) is 7.27. The number of nitrogens with one attached hydrogen (secondary N) is 1. The zero-order chi connectivity index (χ0) is 14.7. The van der Waals surface area contributed by atoms with Gasteiger partial charge in [-0.05, 0) is 27.6 Å². The van der Waals surface area contributed by atoms with Gasteiger partial charge in [-0.25, -0.2) is 4.98 Å². The normalized spacial score (nSPS) is 10.3. The molecule has 1 aromatic carbocycles. The van der Waals surface area contributed by atoms with Gasteiger partial charge >= 0.3 is 0 Å². The quantitative estimate of drug-likeness (QED) is 0.820. The molecule has 1 aromatic heterocycles. The van der Waals surface area contributed by atoms with E-state index in [1.54, 1.807) is 0 Å². The zero-order valence-electron chi connectivity index (χ0n) is 10.8. The minimum absolute atomic E-state index is 0.210. The molecule has 104 valence electrons. The zero-order valence-corrected chi connectivity index (χ0v) is 13.2. The highest BCUT2D eigenvalue weighted by Crippen LogP contribution is 2.19. The lowest BCUT2D eigenvalue weighted by Crippen LogP contribution is -2.22. The Morgan fingerprint density at radius 2 is 2.30 bits per heavy atom. The van der Waals surface area contributed by atoms with Crippen LogP contribution in [-0.2, 0) is 6.54 Å². The van der Waals surface area contributed by atoms with Gasteiger partial charge in [-0.3, -0.25) is 4.79 Å². The number of thiocarbonyl (C=S) groups is 1. The van der Waals surface area contributed by atoms with E-state index >= 15 is 0 Å². The van der Waals surface area contributed by atoms with Gasteiger partial charge in [0, 0.05) is 19.2 Å². The number of nitrogens with zero attached hydrogens (tertiary/aromatic N) is 2. The third-order valence-corrected chi connectivity index (χ3v) is 3.72. The van der Waals surface area contributed by atoms with Crippen LogP contribution in [0.1, 0.15) is 11.1 Å². The van der Waals surface area contributed by atoms with E-state index in [1.165, 1.54) is 6.33 Å². The maximum Gasteiger partial charge on any atom is 0.267 e. The first-order valence-corrected chi connectivity index (χ1v) is 7.02. The van der Waals surface area contributed by atoms with Gasteiger partial charge in [-0.15, -0.1) is 0 Å². The van der Waals surface area contributed by atoms with Crippen molar-refractivity contribution in [1.29, 1.82) is 0 Å². The number of aromatic amines is 1. The summed E-state index contributed by atoms with van der Waals surface area (Å²) in [5, 5.41) is 0. The summed E-state index contributed by atoms with van der Waals surface area (Å²) in [4.78, 5) is 20.5. The monoisotopic (exact) mass is 352 g/mol. The van der Waals surface area contributed by atoms with Gasteiger partial charge < -0.3 is 15.6 Å². The molecule has 0 radical (unpaired) electrons. The summed E-state index contributed by atoms with van der Waals surface area (Å²) in [6.07, 6.45) is 1.38. The van der Waals surface area contributed by atoms with Crippen molar-refractivity contribution in [3.05, 3.63) is 56.5 Å². The highest BCUT2D eigenvalue weighted by molar-refractivity contribution is 9.10. The Labute approximate surface area is 130 Å². The average Bonchev–Trinajstić information content (AvgIpc) is 2.42. The van der Waals surface area contributed by atoms with Crippen molar-refractivity contribution in [3.63, 3.8) is 0 Å². The summed E-state index contributed by atoms with van der Waals surface area (Å²) in [7, 11) is 1.86. The molecule has 2 rings (SSSR count). The molecule has 0 saturated heterocycles. The van der Waals surface area contributed by atoms with Crippen LogP contribution in [0, 0.1) is 0 Å². The van der Waals surface area contributed by atoms with Gasteiger partial charge in [0.2, 0.25) is 0 Å². The molecule has 5 nitrogen and oxygen atoms in total. The number of H-pyrrole nitrogens is 1. The Morgan fingerprint density at radius 1 is 1.55 bits per heavy atom. The summed E-state index contributed by atoms with van der Waals surface area (Å²) >= 11 is 8.21. The fourth-order valence-electron chi connectivity index (χ4n) is 1.81. The van der Waals surface area contributed by atoms with Crippen LogP contribution in [0.5, 0.6) is 0 Å². The molecule has 7 heteroatoms. The molecule has 0 aliphatic carbocycles. The molecule has 0 atom stereocenters. The summed E-state index contributed by atoms with van der Waals surface area (Å²) in [6.45, 7) is 0.589. The molecule has 0 bridgehead atoms. The average molecular weight is 353 g/mol. The summed E-state index contributed by atoms with van der Waals surface area (Å²) < 4.78 is 0.410. The van der Waals surface area contributed by atoms with Gasteiger partial charge in [0.15, 0.2) is 0 Å². The number of hydrogen-bond acceptors (Lipinski definition) is 4. The molecule has 0 aliphatic heterocycles. The second-order valence-electron chi connectivity index (χ2n) is 4.29. The molecule has 0 spiro atoms. The van der Waals surface area contributed by atoms with Crippen LogP contribution >= 0.6 is 28.1 Å². The van der Waals surface area contributed by atoms with E-state index in [2.05, 4.69) is 25.9 Å². The highest BCUT2D eigenvalue weighted by atomic mass is 79.9. The Bertz CT molecular complexity index is 701. The molecule has 0 unspecified atom stereocenters. The fourth-order valence-corrected chi connectivity index (χ4v) is 2.46. The number of nitrogens with two attached hydrogens (primary N) is 1. The van der Waals surface area contributed by atoms with Crippen LogP contribution in [0.3, 0.4) is 0 Å². The van der Waals surface area contributed by atoms with Crippen LogP contribution in [0.2, 0.25) is 0 Å². The smallest absolute Gasteiger partial charge is 0.267 e. The van der Waals surface area contributed by atoms with E-state index in [9.17, 15) is 4.79 Å². The van der Waals surface area contributed by atoms with Gasteiger partial charge in [-0.1, -0.05) is 30.4 Å². The Morgan fingerprint density at radius 3 is 3.00 bits per heavy atom. The molecule has 20 heavy (non-hydrogen) atoms. The van der Waals surface area contributed by atoms with Gasteiger partial charge in [0.1, 0.15) is 15.3 Å². The lowest BCUT2D eigenvalue weighted by Gasteiger charge is -2.19. The standard InChI is InChI=1S/C13H13BrN4OS/c1-18(12-10(14)13(19)17-7-16-12)6-8-3-2-4-9(5-8)11(15)20/h2-5,7H,6H2,1H3,(H2,15,20)(H,16,17,19). The van der Waals surface area contributed by atoms with Crippen LogP contribution < -0.4 is 16.2 Å². The van der Waals surface area contributed by atoms with Crippen LogP contribution in [0.4, 0.5) is 5.82 Å². The van der Waals surface area contributed by atoms with Crippen LogP contribution in [0.25, 0.3) is 0 Å². The maximum absolute atomic E-state index is 11.5. The van der Waals surface area contributed by atoms with E-state index in [0.717, 1.165) is 11.1 Å². The lowest BCUT2D eigenvalue weighted by molar-refractivity contribution is 0.880. The van der Waals surface area contributed by atoms with Crippen molar-refractivity contribution in [1.82, 2.24) is 9.97 Å². The maximum atomic E-state index is 11.5. The molecule has 0 aliphatic rings. The largest absolute Gasteiger partial charge is 0.389 e. The minimum atomic E-state index is -0.210. The number of anilines is 1. The molecule has 0 saturated carbocycles. The Kier molecular flexibility index (Phi) is 4.51. The van der Waals surface area contributed by atoms with Gasteiger partial charge in [-0.2, -0.15) is 0 Å². The van der Waals surface area contributed by atoms with Gasteiger partial charge in [0.05, 0.1) is 6.33 Å². The number of aromatic nitrogens is 2. The molecule has 2 aromatic rings. The molecule has 3 N–H and O–H groups in total. The third-order valence-electron chi connectivity index (χ3n) is 2.77. The topological polar surface area (TPSA) is 75.0 Å². The van der Waals surface area contributed by atoms with Crippen molar-refractivity contribution in [2.75, 3.05) is 11.9 Å². The van der Waals surface area contributed by atoms with E-state index < -0.39 is 0 Å². The number of rotatable bonds is 4. The van der Waals surface area contributed by atoms with Gasteiger partial charge in [0.25, 0.3) is 5.56 Å². The number of benzene rings is 1. The summed E-state index contributed by atoms with van der Waals surface area (Å²) in [6, 6.07) is 7.67. The molecular weight excluding hydrogens is 340 g/mol. The lowest BCUT2D eigenvalue weighted by atomic mass is 10.1. The minimum Gasteiger partial charge on any atom is -0.389 e. The van der Waals surface area contributed by atoms with Crippen molar-refractivity contribution in [3.8, 4) is 0 Å². The molecule has 0 amide bonds. The number of halogens is 1.